The SMILES string of the molecule is N1[SiH2]N[SiH]1[SiH]1N[SiH2]N1. The van der Waals surface area contributed by atoms with Gasteiger partial charge in [0.1, 0.15) is 0 Å². The van der Waals surface area contributed by atoms with Crippen LogP contribution in [-0.4, -0.2) is 37.0 Å². The minimum Gasteiger partial charge on any atom is -0.344 e. The van der Waals surface area contributed by atoms with Crippen molar-refractivity contribution >= 4 is 37.0 Å². The van der Waals surface area contributed by atoms with Gasteiger partial charge in [-0.05, 0) is 0 Å². The highest BCUT2D eigenvalue weighted by molar-refractivity contribution is 7.28. The maximum Gasteiger partial charge on any atom is 0.190 e. The molecule has 2 aliphatic heterocycles. The van der Waals surface area contributed by atoms with Crippen LogP contribution < -0.4 is 18.6 Å². The van der Waals surface area contributed by atoms with Crippen molar-refractivity contribution in [1.82, 2.24) is 18.6 Å². The average Bonchev–Trinajstić information content (AvgIpc) is 1.47. The van der Waals surface area contributed by atoms with E-state index >= 15 is 0 Å². The smallest absolute Gasteiger partial charge is 0.190 e. The van der Waals surface area contributed by atoms with Crippen molar-refractivity contribution in [3.8, 4) is 0 Å². The molecule has 46 valence electrons. The van der Waals surface area contributed by atoms with Gasteiger partial charge in [0.05, 0.1) is 0 Å². The Morgan fingerprint density at radius 1 is 0.750 bits per heavy atom. The van der Waals surface area contributed by atoms with E-state index < -0.39 is 17.3 Å². The molecule has 0 saturated carbocycles. The van der Waals surface area contributed by atoms with Gasteiger partial charge in [-0.15, -0.1) is 0 Å². The van der Waals surface area contributed by atoms with Gasteiger partial charge in [-0.3, -0.25) is 0 Å². The molecule has 0 unspecified atom stereocenters. The van der Waals surface area contributed by atoms with E-state index in [1.165, 1.54) is 0 Å². The molecule has 2 fully saturated rings. The van der Waals surface area contributed by atoms with E-state index in [1.807, 2.05) is 0 Å². The van der Waals surface area contributed by atoms with Crippen LogP contribution in [0.3, 0.4) is 0 Å². The lowest BCUT2D eigenvalue weighted by Crippen LogP contribution is -2.86. The summed E-state index contributed by atoms with van der Waals surface area (Å²) in [6.45, 7) is 0. The van der Waals surface area contributed by atoms with Gasteiger partial charge in [0, 0.05) is 0 Å². The highest BCUT2D eigenvalue weighted by Gasteiger charge is 2.33. The van der Waals surface area contributed by atoms with Crippen LogP contribution in [0.25, 0.3) is 0 Å². The number of hydrogen-bond acceptors (Lipinski definition) is 4. The zero-order valence-corrected chi connectivity index (χ0v) is 9.71. The molecule has 0 spiro atoms. The summed E-state index contributed by atoms with van der Waals surface area (Å²) in [6, 6.07) is 0. The second-order valence-electron chi connectivity index (χ2n) is 2.13. The highest BCUT2D eigenvalue weighted by atomic mass is 29.2. The summed E-state index contributed by atoms with van der Waals surface area (Å²) in [5, 5.41) is 0. The molecule has 0 atom stereocenters. The van der Waals surface area contributed by atoms with Gasteiger partial charge >= 0.3 is 0 Å². The second-order valence-corrected chi connectivity index (χ2v) is 15.3. The number of hydrogen-bond donors (Lipinski definition) is 4. The van der Waals surface area contributed by atoms with Crippen LogP contribution in [0.1, 0.15) is 0 Å². The first kappa shape index (κ1) is 5.49. The molecular formula is H10N4Si4. The maximum absolute atomic E-state index is 3.57. The fraction of sp³-hybridized carbons (Fsp3) is 0. The van der Waals surface area contributed by atoms with Crippen LogP contribution in [0.4, 0.5) is 0 Å². The van der Waals surface area contributed by atoms with Crippen LogP contribution in [0.5, 0.6) is 0 Å². The summed E-state index contributed by atoms with van der Waals surface area (Å²) in [7, 11) is -0.848. The largest absolute Gasteiger partial charge is 0.344 e. The quantitative estimate of drug-likeness (QED) is 0.304. The third kappa shape index (κ3) is 0.783. The first-order valence-electron chi connectivity index (χ1n) is 2.90. The van der Waals surface area contributed by atoms with Gasteiger partial charge in [-0.25, -0.2) is 0 Å². The van der Waals surface area contributed by atoms with Crippen molar-refractivity contribution in [1.29, 1.82) is 0 Å². The molecule has 2 rings (SSSR count). The van der Waals surface area contributed by atoms with Crippen LogP contribution in [-0.2, 0) is 0 Å². The van der Waals surface area contributed by atoms with Crippen LogP contribution in [0, 0.1) is 0 Å². The number of rotatable bonds is 1. The van der Waals surface area contributed by atoms with Crippen molar-refractivity contribution in [3.05, 3.63) is 0 Å². The normalized spacial score (nSPS) is 51.0. The van der Waals surface area contributed by atoms with E-state index in [2.05, 4.69) is 18.6 Å². The first-order valence-corrected chi connectivity index (χ1v) is 10.7. The van der Waals surface area contributed by atoms with Gasteiger partial charge in [0.25, 0.3) is 0 Å². The van der Waals surface area contributed by atoms with Crippen molar-refractivity contribution in [2.75, 3.05) is 0 Å². The first-order chi connectivity index (χ1) is 3.97. The van der Waals surface area contributed by atoms with E-state index in [0.717, 1.165) is 0 Å². The second kappa shape index (κ2) is 2.15. The third-order valence-electron chi connectivity index (χ3n) is 1.62. The molecule has 8 heteroatoms. The molecule has 0 aromatic rings. The standard InChI is InChI=1S/H10N4Si4/c1-5-2-7(1)8-3-6-4-8/h1-4,7-8H,5-6H2. The molecule has 0 aromatic carbocycles. The third-order valence-corrected chi connectivity index (χ3v) is 23.1. The Morgan fingerprint density at radius 3 is 1.25 bits per heavy atom. The molecule has 0 bridgehead atoms. The predicted octanol–water partition coefficient (Wildman–Crippen LogP) is -5.11. The monoisotopic (exact) mass is 178 g/mol. The van der Waals surface area contributed by atoms with Gasteiger partial charge in [-0.1, -0.05) is 0 Å². The van der Waals surface area contributed by atoms with Gasteiger partial charge in [0.2, 0.25) is 0 Å². The van der Waals surface area contributed by atoms with Gasteiger partial charge in [-0.2, -0.15) is 0 Å². The van der Waals surface area contributed by atoms with E-state index in [-0.39, 0.29) is 19.7 Å². The Balaban J connectivity index is 1.79. The van der Waals surface area contributed by atoms with E-state index in [0.29, 0.717) is 0 Å². The molecule has 4 N–H and O–H groups in total. The van der Waals surface area contributed by atoms with E-state index in [9.17, 15) is 0 Å². The molecule has 0 aromatic heterocycles. The maximum atomic E-state index is 3.57. The van der Waals surface area contributed by atoms with Crippen molar-refractivity contribution in [2.45, 2.75) is 0 Å². The molecule has 8 heavy (non-hydrogen) atoms. The van der Waals surface area contributed by atoms with Crippen LogP contribution in [0.15, 0.2) is 0 Å². The summed E-state index contributed by atoms with van der Waals surface area (Å²) < 4.78 is 14.3. The zero-order chi connectivity index (χ0) is 5.40. The fourth-order valence-corrected chi connectivity index (χ4v) is 20.9. The summed E-state index contributed by atoms with van der Waals surface area (Å²) in [4.78, 5) is 0. The number of nitrogens with one attached hydrogen (secondary N) is 4. The minimum absolute atomic E-state index is 0.0712. The molecule has 0 amide bonds. The fourth-order valence-electron chi connectivity index (χ4n) is 0.911. The summed E-state index contributed by atoms with van der Waals surface area (Å²) in [5.74, 6) is 0. The van der Waals surface area contributed by atoms with Gasteiger partial charge in [0.15, 0.2) is 37.0 Å². The van der Waals surface area contributed by atoms with E-state index in [4.69, 9.17) is 0 Å². The van der Waals surface area contributed by atoms with Crippen molar-refractivity contribution in [2.24, 2.45) is 0 Å². The Bertz CT molecular complexity index is 74.0. The summed E-state index contributed by atoms with van der Waals surface area (Å²) in [5.41, 5.74) is 0. The Hall–Kier alpha value is 0.708. The van der Waals surface area contributed by atoms with Crippen molar-refractivity contribution in [3.63, 3.8) is 0 Å². The molecule has 2 saturated heterocycles. The topological polar surface area (TPSA) is 48.1 Å². The van der Waals surface area contributed by atoms with E-state index in [1.54, 1.807) is 0 Å². The highest BCUT2D eigenvalue weighted by Crippen LogP contribution is 1.84. The lowest BCUT2D eigenvalue weighted by molar-refractivity contribution is 1.18. The lowest BCUT2D eigenvalue weighted by atomic mass is 13.7. The Labute approximate surface area is 56.1 Å². The minimum atomic E-state index is -0.495. The molecule has 0 radical (unpaired) electrons. The molecular weight excluding hydrogens is 168 g/mol. The molecule has 2 heterocycles. The summed E-state index contributed by atoms with van der Waals surface area (Å²) in [6.07, 6.45) is 0. The summed E-state index contributed by atoms with van der Waals surface area (Å²) >= 11 is 0. The molecule has 4 nitrogen and oxygen atoms in total. The lowest BCUT2D eigenvalue weighted by Gasteiger charge is -2.39. The zero-order valence-electron chi connectivity index (χ0n) is 4.57. The van der Waals surface area contributed by atoms with Crippen molar-refractivity contribution < 1.29 is 0 Å². The average molecular weight is 178 g/mol. The Kier molecular flexibility index (Phi) is 1.47. The van der Waals surface area contributed by atoms with Gasteiger partial charge < -0.3 is 18.6 Å². The molecule has 2 aliphatic rings. The van der Waals surface area contributed by atoms with Crippen LogP contribution in [0.2, 0.25) is 0 Å². The molecule has 0 aliphatic carbocycles. The Morgan fingerprint density at radius 2 is 1.12 bits per heavy atom. The van der Waals surface area contributed by atoms with Crippen LogP contribution >= 0.6 is 0 Å². The predicted molar refractivity (Wildman–Crippen MR) is 43.9 cm³/mol.